The standard InChI is InChI=1S/C13H18N2O2/c1-3-5-9(4-2)14-10-6-7-12-11(8-10)15-13(16)17-12/h6-9,14H,3-5H2,1-2H3,(H,15,16). The molecular formula is C13H18N2O2. The Bertz CT molecular complexity index is 542. The molecule has 1 unspecified atom stereocenters. The number of hydrogen-bond donors (Lipinski definition) is 2. The van der Waals surface area contributed by atoms with Gasteiger partial charge in [0.2, 0.25) is 0 Å². The first kappa shape index (κ1) is 11.8. The molecule has 0 aliphatic carbocycles. The molecule has 1 aromatic carbocycles. The summed E-state index contributed by atoms with van der Waals surface area (Å²) in [6, 6.07) is 6.15. The molecule has 0 bridgehead atoms. The topological polar surface area (TPSA) is 58.0 Å². The van der Waals surface area contributed by atoms with Gasteiger partial charge < -0.3 is 9.73 Å². The van der Waals surface area contributed by atoms with E-state index in [1.807, 2.05) is 18.2 Å². The highest BCUT2D eigenvalue weighted by Gasteiger charge is 2.06. The van der Waals surface area contributed by atoms with Gasteiger partial charge in [0.25, 0.3) is 0 Å². The fourth-order valence-corrected chi connectivity index (χ4v) is 2.00. The molecule has 0 aliphatic heterocycles. The highest BCUT2D eigenvalue weighted by molar-refractivity contribution is 5.76. The average Bonchev–Trinajstić information content (AvgIpc) is 2.68. The molecule has 1 aromatic heterocycles. The SMILES string of the molecule is CCCC(CC)Nc1ccc2oc(=O)[nH]c2c1. The summed E-state index contributed by atoms with van der Waals surface area (Å²) >= 11 is 0. The van der Waals surface area contributed by atoms with Crippen molar-refractivity contribution in [3.63, 3.8) is 0 Å². The number of oxazole rings is 1. The maximum atomic E-state index is 11.0. The molecule has 1 atom stereocenters. The largest absolute Gasteiger partial charge is 0.417 e. The number of aromatic nitrogens is 1. The smallest absolute Gasteiger partial charge is 0.408 e. The molecule has 2 rings (SSSR count). The Hall–Kier alpha value is -1.71. The van der Waals surface area contributed by atoms with Crippen LogP contribution >= 0.6 is 0 Å². The van der Waals surface area contributed by atoms with Crippen molar-refractivity contribution < 1.29 is 4.42 Å². The van der Waals surface area contributed by atoms with Crippen molar-refractivity contribution in [1.82, 2.24) is 4.98 Å². The molecule has 0 fully saturated rings. The molecule has 4 nitrogen and oxygen atoms in total. The monoisotopic (exact) mass is 234 g/mol. The van der Waals surface area contributed by atoms with Crippen molar-refractivity contribution in [1.29, 1.82) is 0 Å². The number of rotatable bonds is 5. The van der Waals surface area contributed by atoms with Gasteiger partial charge in [0.05, 0.1) is 5.52 Å². The third-order valence-corrected chi connectivity index (χ3v) is 2.92. The summed E-state index contributed by atoms with van der Waals surface area (Å²) in [5.74, 6) is -0.405. The molecule has 0 spiro atoms. The molecule has 4 heteroatoms. The predicted octanol–water partition coefficient (Wildman–Crippen LogP) is 3.11. The van der Waals surface area contributed by atoms with Crippen molar-refractivity contribution in [2.45, 2.75) is 39.2 Å². The number of aromatic amines is 1. The molecule has 0 saturated carbocycles. The van der Waals surface area contributed by atoms with E-state index in [4.69, 9.17) is 4.42 Å². The van der Waals surface area contributed by atoms with Crippen LogP contribution in [0.5, 0.6) is 0 Å². The highest BCUT2D eigenvalue weighted by Crippen LogP contribution is 2.18. The predicted molar refractivity (Wildman–Crippen MR) is 69.4 cm³/mol. The van der Waals surface area contributed by atoms with Crippen LogP contribution in [0.15, 0.2) is 27.4 Å². The highest BCUT2D eigenvalue weighted by atomic mass is 16.4. The molecule has 0 radical (unpaired) electrons. The van der Waals surface area contributed by atoms with Gasteiger partial charge in [0.15, 0.2) is 5.58 Å². The molecule has 0 amide bonds. The lowest BCUT2D eigenvalue weighted by Crippen LogP contribution is -2.17. The summed E-state index contributed by atoms with van der Waals surface area (Å²) in [6.07, 6.45) is 3.40. The third kappa shape index (κ3) is 2.70. The Balaban J connectivity index is 2.20. The number of fused-ring (bicyclic) bond motifs is 1. The number of benzene rings is 1. The van der Waals surface area contributed by atoms with E-state index < -0.39 is 5.76 Å². The summed E-state index contributed by atoms with van der Waals surface area (Å²) in [6.45, 7) is 4.35. The van der Waals surface area contributed by atoms with E-state index in [-0.39, 0.29) is 0 Å². The fourth-order valence-electron chi connectivity index (χ4n) is 2.00. The zero-order chi connectivity index (χ0) is 12.3. The summed E-state index contributed by atoms with van der Waals surface area (Å²) in [5, 5.41) is 3.47. The lowest BCUT2D eigenvalue weighted by molar-refractivity contribution is 0.555. The zero-order valence-electron chi connectivity index (χ0n) is 10.2. The summed E-state index contributed by atoms with van der Waals surface area (Å²) in [5.41, 5.74) is 2.37. The van der Waals surface area contributed by atoms with E-state index in [2.05, 4.69) is 24.1 Å². The van der Waals surface area contributed by atoms with E-state index >= 15 is 0 Å². The van der Waals surface area contributed by atoms with Gasteiger partial charge in [-0.15, -0.1) is 0 Å². The Labute approximate surface area is 100 Å². The van der Waals surface area contributed by atoms with Crippen LogP contribution in [0, 0.1) is 0 Å². The molecule has 92 valence electrons. The van der Waals surface area contributed by atoms with Crippen molar-refractivity contribution in [2.75, 3.05) is 5.32 Å². The van der Waals surface area contributed by atoms with Gasteiger partial charge in [0.1, 0.15) is 0 Å². The van der Waals surface area contributed by atoms with Crippen LogP contribution in [0.1, 0.15) is 33.1 Å². The van der Waals surface area contributed by atoms with Crippen LogP contribution in [0.3, 0.4) is 0 Å². The Morgan fingerprint density at radius 1 is 1.41 bits per heavy atom. The first-order valence-electron chi connectivity index (χ1n) is 6.12. The Morgan fingerprint density at radius 3 is 2.94 bits per heavy atom. The minimum absolute atomic E-state index is 0.405. The maximum Gasteiger partial charge on any atom is 0.417 e. The van der Waals surface area contributed by atoms with Crippen LogP contribution in [0.2, 0.25) is 0 Å². The average molecular weight is 234 g/mol. The lowest BCUT2D eigenvalue weighted by atomic mass is 10.1. The zero-order valence-corrected chi connectivity index (χ0v) is 10.2. The van der Waals surface area contributed by atoms with Crippen LogP contribution in [0.4, 0.5) is 5.69 Å². The normalized spacial score (nSPS) is 12.8. The van der Waals surface area contributed by atoms with Crippen LogP contribution in [-0.2, 0) is 0 Å². The van der Waals surface area contributed by atoms with Gasteiger partial charge in [-0.05, 0) is 31.0 Å². The molecule has 2 aromatic rings. The number of anilines is 1. The lowest BCUT2D eigenvalue weighted by Gasteiger charge is -2.17. The molecule has 1 heterocycles. The molecular weight excluding hydrogens is 216 g/mol. The quantitative estimate of drug-likeness (QED) is 0.835. The van der Waals surface area contributed by atoms with Crippen LogP contribution in [0.25, 0.3) is 11.1 Å². The van der Waals surface area contributed by atoms with E-state index in [1.54, 1.807) is 0 Å². The Morgan fingerprint density at radius 2 is 2.24 bits per heavy atom. The van der Waals surface area contributed by atoms with Gasteiger partial charge in [-0.2, -0.15) is 0 Å². The van der Waals surface area contributed by atoms with Crippen molar-refractivity contribution in [2.24, 2.45) is 0 Å². The van der Waals surface area contributed by atoms with Crippen molar-refractivity contribution >= 4 is 16.8 Å². The van der Waals surface area contributed by atoms with Gasteiger partial charge in [-0.1, -0.05) is 20.3 Å². The maximum absolute atomic E-state index is 11.0. The van der Waals surface area contributed by atoms with Crippen molar-refractivity contribution in [3.8, 4) is 0 Å². The number of hydrogen-bond acceptors (Lipinski definition) is 3. The molecule has 0 aliphatic rings. The number of H-pyrrole nitrogens is 1. The van der Waals surface area contributed by atoms with E-state index in [1.165, 1.54) is 0 Å². The molecule has 2 N–H and O–H groups in total. The summed E-state index contributed by atoms with van der Waals surface area (Å²) in [4.78, 5) is 13.7. The van der Waals surface area contributed by atoms with Gasteiger partial charge in [0, 0.05) is 11.7 Å². The third-order valence-electron chi connectivity index (χ3n) is 2.92. The Kier molecular flexibility index (Phi) is 3.52. The van der Waals surface area contributed by atoms with E-state index in [0.717, 1.165) is 30.5 Å². The first-order valence-corrected chi connectivity index (χ1v) is 6.12. The first-order chi connectivity index (χ1) is 8.22. The minimum atomic E-state index is -0.405. The van der Waals surface area contributed by atoms with Crippen molar-refractivity contribution in [3.05, 3.63) is 28.7 Å². The summed E-state index contributed by atoms with van der Waals surface area (Å²) < 4.78 is 4.96. The van der Waals surface area contributed by atoms with Crippen LogP contribution < -0.4 is 11.1 Å². The van der Waals surface area contributed by atoms with Gasteiger partial charge >= 0.3 is 5.76 Å². The summed E-state index contributed by atoms with van der Waals surface area (Å²) in [7, 11) is 0. The number of nitrogens with one attached hydrogen (secondary N) is 2. The van der Waals surface area contributed by atoms with E-state index in [0.29, 0.717) is 11.6 Å². The van der Waals surface area contributed by atoms with E-state index in [9.17, 15) is 4.79 Å². The molecule has 0 saturated heterocycles. The fraction of sp³-hybridized carbons (Fsp3) is 0.462. The second kappa shape index (κ2) is 5.08. The molecule has 17 heavy (non-hydrogen) atoms. The van der Waals surface area contributed by atoms with Crippen LogP contribution in [-0.4, -0.2) is 11.0 Å². The minimum Gasteiger partial charge on any atom is -0.408 e. The second-order valence-electron chi connectivity index (χ2n) is 4.26. The van der Waals surface area contributed by atoms with Gasteiger partial charge in [-0.25, -0.2) is 4.79 Å². The second-order valence-corrected chi connectivity index (χ2v) is 4.26. The van der Waals surface area contributed by atoms with Gasteiger partial charge in [-0.3, -0.25) is 4.98 Å².